The van der Waals surface area contributed by atoms with Gasteiger partial charge < -0.3 is 46.3 Å². The molecule has 1 saturated heterocycles. The number of hydrogen-bond donors (Lipinski definition) is 8. The number of sulfonamides is 1. The van der Waals surface area contributed by atoms with Gasteiger partial charge in [0.05, 0.1) is 22.8 Å². The van der Waals surface area contributed by atoms with E-state index in [0.717, 1.165) is 102 Å². The highest BCUT2D eigenvalue weighted by Crippen LogP contribution is 2.43. The van der Waals surface area contributed by atoms with Crippen molar-refractivity contribution in [2.24, 2.45) is 16.5 Å². The molecule has 73 heavy (non-hydrogen) atoms. The normalized spacial score (nSPS) is 17.1. The van der Waals surface area contributed by atoms with Gasteiger partial charge in [0.25, 0.3) is 21.2 Å². The highest BCUT2D eigenvalue weighted by atomic mass is 35.5. The summed E-state index contributed by atoms with van der Waals surface area (Å²) in [6.07, 6.45) is 7.56. The third-order valence-electron chi connectivity index (χ3n) is 12.4. The van der Waals surface area contributed by atoms with E-state index in [9.17, 15) is 32.7 Å². The highest BCUT2D eigenvalue weighted by molar-refractivity contribution is 8.15. The molecule has 7 rings (SSSR count). The van der Waals surface area contributed by atoms with Gasteiger partial charge >= 0.3 is 6.03 Å². The summed E-state index contributed by atoms with van der Waals surface area (Å²) in [5.41, 5.74) is 15.5. The van der Waals surface area contributed by atoms with Gasteiger partial charge in [0.1, 0.15) is 35.2 Å². The molecule has 0 bridgehead atoms. The minimum atomic E-state index is -3.97. The molecule has 1 saturated carbocycles. The van der Waals surface area contributed by atoms with Crippen molar-refractivity contribution < 1.29 is 46.9 Å². The molecule has 0 aromatic heterocycles. The second-order valence-corrected chi connectivity index (χ2v) is 21.6. The largest absolute Gasteiger partial charge is 0.507 e. The zero-order valence-corrected chi connectivity index (χ0v) is 44.5. The van der Waals surface area contributed by atoms with Crippen LogP contribution in [0.25, 0.3) is 0 Å². The van der Waals surface area contributed by atoms with Gasteiger partial charge in [-0.15, -0.1) is 0 Å². The second-order valence-electron chi connectivity index (χ2n) is 18.3. The molecule has 2 aliphatic heterocycles. The van der Waals surface area contributed by atoms with Gasteiger partial charge in [-0.25, -0.2) is 17.9 Å². The van der Waals surface area contributed by atoms with Crippen molar-refractivity contribution in [2.75, 3.05) is 34.4 Å². The Balaban J connectivity index is 0.000000232. The molecule has 1 aliphatic carbocycles. The minimum absolute atomic E-state index is 0.00209. The summed E-state index contributed by atoms with van der Waals surface area (Å²) in [6, 6.07) is 17.9. The van der Waals surface area contributed by atoms with Crippen molar-refractivity contribution >= 4 is 68.4 Å². The van der Waals surface area contributed by atoms with E-state index in [0.29, 0.717) is 48.1 Å². The predicted molar refractivity (Wildman–Crippen MR) is 284 cm³/mol. The third-order valence-corrected chi connectivity index (χ3v) is 15.0. The molecular formula is C51H66ClN9O10S2. The van der Waals surface area contributed by atoms with Crippen LogP contribution in [-0.4, -0.2) is 105 Å². The lowest BCUT2D eigenvalue weighted by Gasteiger charge is -2.37. The van der Waals surface area contributed by atoms with Crippen LogP contribution in [0, 0.1) is 26.2 Å². The first-order valence-corrected chi connectivity index (χ1v) is 26.4. The molecule has 0 radical (unpaired) electrons. The maximum Gasteiger partial charge on any atom is 0.328 e. The fourth-order valence-corrected chi connectivity index (χ4v) is 10.0. The van der Waals surface area contributed by atoms with Crippen LogP contribution in [0.5, 0.6) is 23.0 Å². The number of fused-ring (bicyclic) bond motifs is 1. The lowest BCUT2D eigenvalue weighted by atomic mass is 9.87. The Bertz CT molecular complexity index is 2790. The number of guanidine groups is 2. The number of phenolic OH excluding ortho intramolecular Hbond substituents is 1. The molecule has 10 N–H and O–H groups in total. The number of thioether (sulfide) groups is 1. The summed E-state index contributed by atoms with van der Waals surface area (Å²) in [4.78, 5) is 52.5. The number of carbonyl (C=O) groups excluding carboxylic acids is 4. The first-order chi connectivity index (χ1) is 34.5. The maximum atomic E-state index is 12.5. The van der Waals surface area contributed by atoms with Crippen molar-refractivity contribution in [3.63, 3.8) is 0 Å². The van der Waals surface area contributed by atoms with Crippen LogP contribution in [0.15, 0.2) is 76.6 Å². The average molecular weight is 1060 g/mol. The van der Waals surface area contributed by atoms with E-state index in [4.69, 9.17) is 42.7 Å². The van der Waals surface area contributed by atoms with E-state index in [2.05, 4.69) is 25.7 Å². The molecular weight excluding hydrogens is 998 g/mol. The van der Waals surface area contributed by atoms with Crippen molar-refractivity contribution in [3.05, 3.63) is 111 Å². The first kappa shape index (κ1) is 57.2. The number of ether oxygens (including phenoxy) is 3. The number of urea groups is 1. The molecule has 4 aromatic rings. The molecule has 2 atom stereocenters. The monoisotopic (exact) mass is 1060 g/mol. The Morgan fingerprint density at radius 1 is 0.986 bits per heavy atom. The van der Waals surface area contributed by atoms with E-state index in [1.807, 2.05) is 52.0 Å². The van der Waals surface area contributed by atoms with Crippen LogP contribution in [0.4, 0.5) is 9.59 Å². The van der Waals surface area contributed by atoms with Gasteiger partial charge in [0.15, 0.2) is 5.96 Å². The summed E-state index contributed by atoms with van der Waals surface area (Å²) >= 11 is 7.00. The molecule has 394 valence electrons. The molecule has 0 spiro atoms. The number of nitrogens with one attached hydrogen (secondary N) is 5. The van der Waals surface area contributed by atoms with Gasteiger partial charge in [-0.05, 0) is 137 Å². The van der Waals surface area contributed by atoms with Gasteiger partial charge in [0.2, 0.25) is 11.9 Å². The first-order valence-electron chi connectivity index (χ1n) is 23.6. The Labute approximate surface area is 436 Å². The molecule has 19 nitrogen and oxygen atoms in total. The summed E-state index contributed by atoms with van der Waals surface area (Å²) in [5.74, 6) is 1.79. The van der Waals surface area contributed by atoms with Crippen LogP contribution in [0.3, 0.4) is 0 Å². The number of carbonyl (C=O) groups is 4. The molecule has 5 amide bonds. The van der Waals surface area contributed by atoms with E-state index < -0.39 is 21.7 Å². The zero-order valence-electron chi connectivity index (χ0n) is 42.1. The van der Waals surface area contributed by atoms with Crippen LogP contribution in [0.2, 0.25) is 5.02 Å². The molecule has 2 unspecified atom stereocenters. The summed E-state index contributed by atoms with van der Waals surface area (Å²) in [6.45, 7) is 8.62. The summed E-state index contributed by atoms with van der Waals surface area (Å²) in [5, 5.41) is 25.0. The van der Waals surface area contributed by atoms with Crippen molar-refractivity contribution in [1.29, 1.82) is 5.41 Å². The van der Waals surface area contributed by atoms with Crippen LogP contribution >= 0.6 is 23.4 Å². The number of phenols is 1. The van der Waals surface area contributed by atoms with Crippen molar-refractivity contribution in [2.45, 2.75) is 107 Å². The van der Waals surface area contributed by atoms with Gasteiger partial charge in [-0.2, -0.15) is 4.99 Å². The average Bonchev–Trinajstić information content (AvgIpc) is 3.67. The number of aromatic hydroxyl groups is 1. The number of nitrogens with zero attached hydrogens (tertiary/aromatic N) is 2. The molecule has 22 heteroatoms. The fraction of sp³-hybridized carbons (Fsp3) is 0.412. The summed E-state index contributed by atoms with van der Waals surface area (Å²) < 4.78 is 44.7. The van der Waals surface area contributed by atoms with Crippen LogP contribution < -0.4 is 46.4 Å². The molecule has 3 aliphatic rings. The number of methoxy groups -OCH3 is 1. The lowest BCUT2D eigenvalue weighted by Crippen LogP contribution is -2.45. The van der Waals surface area contributed by atoms with Gasteiger partial charge in [0, 0.05) is 37.3 Å². The lowest BCUT2D eigenvalue weighted by molar-refractivity contribution is -0.118. The van der Waals surface area contributed by atoms with Gasteiger partial charge in [-0.3, -0.25) is 25.1 Å². The smallest absolute Gasteiger partial charge is 0.328 e. The van der Waals surface area contributed by atoms with Gasteiger partial charge in [-0.1, -0.05) is 66.9 Å². The second kappa shape index (κ2) is 25.8. The number of rotatable bonds is 13. The Hall–Kier alpha value is -6.71. The summed E-state index contributed by atoms with van der Waals surface area (Å²) in [7, 11) is 0.888. The maximum absolute atomic E-state index is 12.5. The highest BCUT2D eigenvalue weighted by Gasteiger charge is 2.36. The van der Waals surface area contributed by atoms with E-state index >= 15 is 0 Å². The van der Waals surface area contributed by atoms with Crippen LogP contribution in [-0.2, 0) is 34.1 Å². The van der Waals surface area contributed by atoms with E-state index in [1.165, 1.54) is 30.2 Å². The van der Waals surface area contributed by atoms with Crippen LogP contribution in [0.1, 0.15) is 89.2 Å². The minimum Gasteiger partial charge on any atom is -0.507 e. The zero-order chi connectivity index (χ0) is 53.6. The predicted octanol–water partition coefficient (Wildman–Crippen LogP) is 6.77. The molecule has 4 aromatic carbocycles. The standard InChI is InChI=1S/C24H27NO5S.C23H28ClN3O5S.C4H11N5/c1-13-14(2)21-18(15(3)20(13)26)9-10-24(4,30-21)12-29-17-7-5-16(6-8-17)11-19-22(27)25-23(28)31-19;1-32-21-12-9-17(24)15-20(21)22(28)25-14-13-16-7-10-19(11-8-16)33(30,31)27-23(29)26-18-5-3-2-4-6-18;1-9(2)4(7)8-3(5)6/h5-8,19,26H,9-12H2,1-4H3,(H,25,27,28);7-12,15,18H,2-6,13-14H2,1H3,(H,25,28)(H2,26,27,29);1-2H3,(H5,5,6,7,8). The number of imide groups is 1. The molecule has 2 fully saturated rings. The third kappa shape index (κ3) is 16.4. The number of amides is 5. The van der Waals surface area contributed by atoms with Crippen molar-refractivity contribution in [3.8, 4) is 23.0 Å². The number of halogens is 1. The number of hydrogen-bond acceptors (Lipinski definition) is 12. The number of aliphatic imine (C=N–C) groups is 1. The Morgan fingerprint density at radius 2 is 1.64 bits per heavy atom. The number of nitrogens with two attached hydrogens (primary N) is 2. The molecule has 2 heterocycles. The van der Waals surface area contributed by atoms with E-state index in [-0.39, 0.29) is 45.2 Å². The fourth-order valence-electron chi connectivity index (χ4n) is 8.07. The quantitative estimate of drug-likeness (QED) is 0.0507. The topological polar surface area (TPSA) is 290 Å². The van der Waals surface area contributed by atoms with E-state index in [1.54, 1.807) is 38.4 Å². The SMILES string of the molecule is CN(C)C(=N)N=C(N)N.COc1ccc(Cl)cc1C(=O)NCCc1ccc(S(=O)(=O)NC(=O)NC2CCCCC2)cc1.Cc1c(C)c2c(c(C)c1O)CCC(C)(COc1ccc(CC3SC(=O)NC3=O)cc1)O2. The Kier molecular flexibility index (Phi) is 20.2. The van der Waals surface area contributed by atoms with Crippen molar-refractivity contribution in [1.82, 2.24) is 25.6 Å². The number of benzene rings is 4. The Morgan fingerprint density at radius 3 is 2.23 bits per heavy atom.